The van der Waals surface area contributed by atoms with Crippen LogP contribution in [0.1, 0.15) is 67.3 Å². The maximum atomic E-state index is 3.74. The Labute approximate surface area is 376 Å². The second kappa shape index (κ2) is 17.2. The summed E-state index contributed by atoms with van der Waals surface area (Å²) >= 11 is 3.74. The molecule has 9 aromatic rings. The molecule has 0 N–H and O–H groups in total. The predicted molar refractivity (Wildman–Crippen MR) is 272 cm³/mol. The molecule has 0 saturated carbocycles. The summed E-state index contributed by atoms with van der Waals surface area (Å²) < 4.78 is 1.06. The predicted octanol–water partition coefficient (Wildman–Crippen LogP) is 18.2. The van der Waals surface area contributed by atoms with Crippen LogP contribution < -0.4 is 9.80 Å². The fourth-order valence-corrected chi connectivity index (χ4v) is 9.00. The third kappa shape index (κ3) is 8.06. The fourth-order valence-electron chi connectivity index (χ4n) is 8.74. The summed E-state index contributed by atoms with van der Waals surface area (Å²) in [6.07, 6.45) is 0. The number of hydrogen-bond donors (Lipinski definition) is 0. The van der Waals surface area contributed by atoms with E-state index in [1.165, 1.54) is 71.6 Å². The van der Waals surface area contributed by atoms with Crippen molar-refractivity contribution in [3.8, 4) is 22.3 Å². The monoisotopic (exact) mass is 868 g/mol. The van der Waals surface area contributed by atoms with E-state index in [-0.39, 0.29) is 0 Å². The van der Waals surface area contributed by atoms with Gasteiger partial charge in [-0.25, -0.2) is 0 Å². The van der Waals surface area contributed by atoms with E-state index in [0.29, 0.717) is 11.8 Å². The Morgan fingerprint density at radius 1 is 0.323 bits per heavy atom. The number of anilines is 6. The molecule has 0 atom stereocenters. The number of nitrogens with zero attached hydrogens (tertiary/aromatic N) is 2. The number of hydrogen-bond acceptors (Lipinski definition) is 2. The molecule has 0 aliphatic heterocycles. The van der Waals surface area contributed by atoms with Crippen LogP contribution in [0.5, 0.6) is 0 Å². The zero-order chi connectivity index (χ0) is 43.1. The van der Waals surface area contributed by atoms with Gasteiger partial charge < -0.3 is 9.80 Å². The number of halogens is 1. The standard InChI is InChI=1S/C59H53BrN2/c1-38(2)43-18-28-50(29-19-43)61(48-24-10-41(6)11-25-48)52-33-35-55-56(36-52)58(45-14-8-40(5)9-15-45)54-34-32-53(37-57(54)59(55)46-16-22-47(60)23-17-46)62(49-26-12-42(7)13-27-49)51-30-20-44(21-31-51)39(3)4/h8-39H,1-7H3. The van der Waals surface area contributed by atoms with Crippen molar-refractivity contribution < 1.29 is 0 Å². The lowest BCUT2D eigenvalue weighted by molar-refractivity contribution is 0.866. The van der Waals surface area contributed by atoms with Crippen molar-refractivity contribution in [2.45, 2.75) is 60.3 Å². The topological polar surface area (TPSA) is 6.48 Å². The number of benzene rings is 9. The van der Waals surface area contributed by atoms with Gasteiger partial charge >= 0.3 is 0 Å². The highest BCUT2D eigenvalue weighted by Crippen LogP contribution is 2.48. The van der Waals surface area contributed by atoms with E-state index >= 15 is 0 Å². The van der Waals surface area contributed by atoms with Crippen LogP contribution in [0.25, 0.3) is 43.8 Å². The van der Waals surface area contributed by atoms with Crippen molar-refractivity contribution in [3.63, 3.8) is 0 Å². The Kier molecular flexibility index (Phi) is 11.3. The lowest BCUT2D eigenvalue weighted by atomic mass is 9.85. The number of rotatable bonds is 10. The van der Waals surface area contributed by atoms with Gasteiger partial charge in [0.25, 0.3) is 0 Å². The summed E-state index contributed by atoms with van der Waals surface area (Å²) in [6, 6.07) is 68.0. The molecule has 2 nitrogen and oxygen atoms in total. The van der Waals surface area contributed by atoms with Gasteiger partial charge in [-0.1, -0.05) is 157 Å². The minimum Gasteiger partial charge on any atom is -0.310 e. The Balaban J connectivity index is 1.35. The molecule has 0 radical (unpaired) electrons. The van der Waals surface area contributed by atoms with Gasteiger partial charge in [-0.2, -0.15) is 0 Å². The molecule has 0 amide bonds. The fraction of sp³-hybridized carbons (Fsp3) is 0.153. The second-order valence-electron chi connectivity index (χ2n) is 17.4. The van der Waals surface area contributed by atoms with E-state index in [9.17, 15) is 0 Å². The summed E-state index contributed by atoms with van der Waals surface area (Å²) in [5.41, 5.74) is 17.9. The lowest BCUT2D eigenvalue weighted by Crippen LogP contribution is -2.11. The maximum absolute atomic E-state index is 3.74. The minimum absolute atomic E-state index is 0.453. The molecule has 62 heavy (non-hydrogen) atoms. The first kappa shape index (κ1) is 41.0. The molecule has 0 fully saturated rings. The highest BCUT2D eigenvalue weighted by Gasteiger charge is 2.22. The Morgan fingerprint density at radius 3 is 0.952 bits per heavy atom. The molecule has 0 unspecified atom stereocenters. The molecule has 0 heterocycles. The normalized spacial score (nSPS) is 11.5. The van der Waals surface area contributed by atoms with Gasteiger partial charge in [0.2, 0.25) is 0 Å². The zero-order valence-electron chi connectivity index (χ0n) is 36.7. The molecule has 9 aromatic carbocycles. The Morgan fingerprint density at radius 2 is 0.613 bits per heavy atom. The number of aryl methyl sites for hydroxylation is 3. The molecule has 0 saturated heterocycles. The van der Waals surface area contributed by atoms with Crippen LogP contribution in [0.4, 0.5) is 34.1 Å². The van der Waals surface area contributed by atoms with Crippen LogP contribution >= 0.6 is 15.9 Å². The van der Waals surface area contributed by atoms with Crippen molar-refractivity contribution in [1.29, 1.82) is 0 Å². The maximum Gasteiger partial charge on any atom is 0.0468 e. The molecule has 0 bridgehead atoms. The van der Waals surface area contributed by atoms with Crippen molar-refractivity contribution in [2.24, 2.45) is 0 Å². The SMILES string of the molecule is Cc1ccc(-c2c3ccc(N(c4ccc(C)cc4)c4ccc(C(C)C)cc4)cc3c(-c3ccc(Br)cc3)c3ccc(N(c4ccc(C)cc4)c4ccc(C(C)C)cc4)cc23)cc1. The van der Waals surface area contributed by atoms with Crippen LogP contribution in [0, 0.1) is 20.8 Å². The third-order valence-corrected chi connectivity index (χ3v) is 12.8. The van der Waals surface area contributed by atoms with Crippen LogP contribution in [-0.2, 0) is 0 Å². The molecule has 0 aliphatic rings. The van der Waals surface area contributed by atoms with Gasteiger partial charge in [0.15, 0.2) is 0 Å². The molecule has 3 heteroatoms. The van der Waals surface area contributed by atoms with Gasteiger partial charge in [0.05, 0.1) is 0 Å². The second-order valence-corrected chi connectivity index (χ2v) is 18.3. The van der Waals surface area contributed by atoms with E-state index in [2.05, 4.69) is 256 Å². The van der Waals surface area contributed by atoms with Crippen molar-refractivity contribution in [2.75, 3.05) is 9.80 Å². The average molecular weight is 870 g/mol. The van der Waals surface area contributed by atoms with Gasteiger partial charge in [-0.3, -0.25) is 0 Å². The molecule has 0 spiro atoms. The van der Waals surface area contributed by atoms with Crippen molar-refractivity contribution >= 4 is 71.6 Å². The van der Waals surface area contributed by atoms with Crippen LogP contribution in [-0.4, -0.2) is 0 Å². The highest BCUT2D eigenvalue weighted by atomic mass is 79.9. The Bertz CT molecular complexity index is 2790. The van der Waals surface area contributed by atoms with Crippen LogP contribution in [0.15, 0.2) is 186 Å². The van der Waals surface area contributed by atoms with E-state index in [4.69, 9.17) is 0 Å². The molecule has 0 aromatic heterocycles. The van der Waals surface area contributed by atoms with E-state index in [1.54, 1.807) is 0 Å². The van der Waals surface area contributed by atoms with Gasteiger partial charge in [0, 0.05) is 38.6 Å². The average Bonchev–Trinajstić information content (AvgIpc) is 3.28. The molecule has 0 aliphatic carbocycles. The quantitative estimate of drug-likeness (QED) is 0.126. The first-order chi connectivity index (χ1) is 30.0. The van der Waals surface area contributed by atoms with Crippen molar-refractivity contribution in [1.82, 2.24) is 0 Å². The zero-order valence-corrected chi connectivity index (χ0v) is 38.3. The third-order valence-electron chi connectivity index (χ3n) is 12.3. The summed E-state index contributed by atoms with van der Waals surface area (Å²) in [7, 11) is 0. The molecule has 9 rings (SSSR count). The van der Waals surface area contributed by atoms with Gasteiger partial charge in [-0.15, -0.1) is 0 Å². The van der Waals surface area contributed by atoms with E-state index < -0.39 is 0 Å². The first-order valence-electron chi connectivity index (χ1n) is 21.8. The van der Waals surface area contributed by atoms with Crippen LogP contribution in [0.2, 0.25) is 0 Å². The smallest absolute Gasteiger partial charge is 0.0468 e. The van der Waals surface area contributed by atoms with Gasteiger partial charge in [-0.05, 0) is 172 Å². The minimum atomic E-state index is 0.453. The highest BCUT2D eigenvalue weighted by molar-refractivity contribution is 9.10. The summed E-state index contributed by atoms with van der Waals surface area (Å²) in [6.45, 7) is 15.5. The van der Waals surface area contributed by atoms with E-state index in [1.807, 2.05) is 0 Å². The first-order valence-corrected chi connectivity index (χ1v) is 22.6. The molecular weight excluding hydrogens is 817 g/mol. The Hall–Kier alpha value is -6.42. The lowest BCUT2D eigenvalue weighted by Gasteiger charge is -2.28. The molecular formula is C59H53BrN2. The summed E-state index contributed by atoms with van der Waals surface area (Å²) in [5.74, 6) is 0.907. The summed E-state index contributed by atoms with van der Waals surface area (Å²) in [5, 5.41) is 4.83. The van der Waals surface area contributed by atoms with Crippen molar-refractivity contribution in [3.05, 3.63) is 214 Å². The summed E-state index contributed by atoms with van der Waals surface area (Å²) in [4.78, 5) is 4.80. The molecule has 306 valence electrons. The largest absolute Gasteiger partial charge is 0.310 e. The number of fused-ring (bicyclic) bond motifs is 2. The van der Waals surface area contributed by atoms with Crippen LogP contribution in [0.3, 0.4) is 0 Å². The van der Waals surface area contributed by atoms with Gasteiger partial charge in [0.1, 0.15) is 0 Å². The van der Waals surface area contributed by atoms with E-state index in [0.717, 1.165) is 38.6 Å².